The summed E-state index contributed by atoms with van der Waals surface area (Å²) >= 11 is 6.00. The smallest absolute Gasteiger partial charge is 0.262 e. The highest BCUT2D eigenvalue weighted by Crippen LogP contribution is 2.28. The number of aryl methyl sites for hydroxylation is 2. The largest absolute Gasteiger partial charge is 0.495 e. The zero-order valence-electron chi connectivity index (χ0n) is 16.7. The number of halogens is 1. The lowest BCUT2D eigenvalue weighted by atomic mass is 10.2. The zero-order valence-corrected chi connectivity index (χ0v) is 18.3. The number of nitrogens with one attached hydrogen (secondary N) is 2. The Morgan fingerprint density at radius 3 is 2.50 bits per heavy atom. The van der Waals surface area contributed by atoms with E-state index in [2.05, 4.69) is 10.0 Å². The first-order valence-corrected chi connectivity index (χ1v) is 10.9. The first-order valence-electron chi connectivity index (χ1n) is 9.04. The van der Waals surface area contributed by atoms with Crippen molar-refractivity contribution >= 4 is 38.9 Å². The molecule has 8 heteroatoms. The van der Waals surface area contributed by atoms with Crippen LogP contribution in [0.25, 0.3) is 0 Å². The molecule has 0 bridgehead atoms. The molecule has 0 heterocycles. The maximum absolute atomic E-state index is 12.8. The third kappa shape index (κ3) is 4.93. The zero-order chi connectivity index (χ0) is 21.9. The molecule has 3 rings (SSSR count). The predicted molar refractivity (Wildman–Crippen MR) is 119 cm³/mol. The lowest BCUT2D eigenvalue weighted by Gasteiger charge is -2.13. The number of carbonyl (C=O) groups excluding carboxylic acids is 1. The van der Waals surface area contributed by atoms with E-state index in [0.717, 1.165) is 5.56 Å². The summed E-state index contributed by atoms with van der Waals surface area (Å²) in [5, 5.41) is 3.18. The van der Waals surface area contributed by atoms with Crippen molar-refractivity contribution < 1.29 is 17.9 Å². The Kier molecular flexibility index (Phi) is 6.34. The Hall–Kier alpha value is -3.03. The van der Waals surface area contributed by atoms with E-state index in [1.54, 1.807) is 55.5 Å². The van der Waals surface area contributed by atoms with Crippen LogP contribution in [0.2, 0.25) is 5.02 Å². The van der Waals surface area contributed by atoms with Gasteiger partial charge in [-0.15, -0.1) is 0 Å². The third-order valence-corrected chi connectivity index (χ3v) is 6.18. The average Bonchev–Trinajstić information content (AvgIpc) is 2.70. The first kappa shape index (κ1) is 21.7. The van der Waals surface area contributed by atoms with Crippen molar-refractivity contribution in [3.05, 3.63) is 82.4 Å². The van der Waals surface area contributed by atoms with Gasteiger partial charge >= 0.3 is 0 Å². The fourth-order valence-electron chi connectivity index (χ4n) is 2.90. The average molecular weight is 445 g/mol. The number of hydrogen-bond acceptors (Lipinski definition) is 4. The van der Waals surface area contributed by atoms with Gasteiger partial charge in [0.15, 0.2) is 0 Å². The lowest BCUT2D eigenvalue weighted by molar-refractivity contribution is 0.102. The number of methoxy groups -OCH3 is 1. The molecular weight excluding hydrogens is 424 g/mol. The number of amides is 1. The molecule has 0 saturated carbocycles. The van der Waals surface area contributed by atoms with Crippen LogP contribution in [0.5, 0.6) is 5.75 Å². The second kappa shape index (κ2) is 8.77. The molecule has 0 radical (unpaired) electrons. The molecule has 0 aliphatic heterocycles. The van der Waals surface area contributed by atoms with Crippen LogP contribution in [0.1, 0.15) is 21.5 Å². The van der Waals surface area contributed by atoms with E-state index in [-0.39, 0.29) is 16.1 Å². The summed E-state index contributed by atoms with van der Waals surface area (Å²) in [6.07, 6.45) is 0. The molecule has 6 nitrogen and oxygen atoms in total. The first-order chi connectivity index (χ1) is 14.2. The van der Waals surface area contributed by atoms with E-state index in [1.165, 1.54) is 13.2 Å². The van der Waals surface area contributed by atoms with Gasteiger partial charge in [-0.25, -0.2) is 8.42 Å². The van der Waals surface area contributed by atoms with Crippen LogP contribution < -0.4 is 14.8 Å². The Bertz CT molecular complexity index is 1210. The van der Waals surface area contributed by atoms with Crippen molar-refractivity contribution in [2.24, 2.45) is 0 Å². The number of ether oxygens (including phenoxy) is 1. The van der Waals surface area contributed by atoms with Crippen LogP contribution in [0.3, 0.4) is 0 Å². The number of rotatable bonds is 6. The van der Waals surface area contributed by atoms with Gasteiger partial charge in [-0.1, -0.05) is 29.8 Å². The van der Waals surface area contributed by atoms with Gasteiger partial charge in [0.2, 0.25) is 0 Å². The van der Waals surface area contributed by atoms with Crippen LogP contribution in [-0.2, 0) is 10.0 Å². The molecule has 0 unspecified atom stereocenters. The minimum atomic E-state index is -3.80. The molecule has 156 valence electrons. The Labute approximate surface area is 180 Å². The van der Waals surface area contributed by atoms with Gasteiger partial charge in [0, 0.05) is 16.3 Å². The number of anilines is 2. The van der Waals surface area contributed by atoms with E-state index in [4.69, 9.17) is 16.3 Å². The van der Waals surface area contributed by atoms with E-state index >= 15 is 0 Å². The van der Waals surface area contributed by atoms with Crippen molar-refractivity contribution in [2.45, 2.75) is 18.7 Å². The molecule has 0 spiro atoms. The lowest BCUT2D eigenvalue weighted by Crippen LogP contribution is -2.16. The summed E-state index contributed by atoms with van der Waals surface area (Å²) < 4.78 is 33.4. The van der Waals surface area contributed by atoms with Gasteiger partial charge in [-0.2, -0.15) is 0 Å². The van der Waals surface area contributed by atoms with Crippen molar-refractivity contribution in [1.82, 2.24) is 0 Å². The molecular formula is C22H21ClN2O4S. The monoisotopic (exact) mass is 444 g/mol. The molecule has 3 aromatic carbocycles. The molecule has 0 aliphatic rings. The van der Waals surface area contributed by atoms with Crippen LogP contribution >= 0.6 is 11.6 Å². The van der Waals surface area contributed by atoms with E-state index in [1.807, 2.05) is 13.0 Å². The van der Waals surface area contributed by atoms with Crippen LogP contribution in [0.4, 0.5) is 11.4 Å². The fraction of sp³-hybridized carbons (Fsp3) is 0.136. The van der Waals surface area contributed by atoms with Gasteiger partial charge in [0.05, 0.1) is 17.7 Å². The maximum Gasteiger partial charge on any atom is 0.262 e. The fourth-order valence-corrected chi connectivity index (χ4v) is 4.46. The summed E-state index contributed by atoms with van der Waals surface area (Å²) in [4.78, 5) is 12.9. The molecule has 2 N–H and O–H groups in total. The van der Waals surface area contributed by atoms with Gasteiger partial charge < -0.3 is 10.1 Å². The summed E-state index contributed by atoms with van der Waals surface area (Å²) in [6, 6.07) is 16.3. The highest BCUT2D eigenvalue weighted by atomic mass is 35.5. The van der Waals surface area contributed by atoms with Gasteiger partial charge in [-0.05, 0) is 67.4 Å². The standard InChI is InChI=1S/C22H21ClN2O4S/c1-14-7-8-15(2)21(11-14)30(27,28)25-18-6-4-5-16(12-18)22(26)24-19-13-17(23)9-10-20(19)29-3/h4-13,25H,1-3H3,(H,24,26). The number of hydrogen-bond donors (Lipinski definition) is 2. The van der Waals surface area contributed by atoms with Crippen molar-refractivity contribution in [3.63, 3.8) is 0 Å². The normalized spacial score (nSPS) is 11.1. The Morgan fingerprint density at radius 1 is 1.00 bits per heavy atom. The van der Waals surface area contributed by atoms with Crippen molar-refractivity contribution in [1.29, 1.82) is 0 Å². The van der Waals surface area contributed by atoms with E-state index in [9.17, 15) is 13.2 Å². The molecule has 0 atom stereocenters. The quantitative estimate of drug-likeness (QED) is 0.559. The molecule has 0 aliphatic carbocycles. The Balaban J connectivity index is 1.85. The predicted octanol–water partition coefficient (Wildman–Crippen LogP) is 5.02. The minimum Gasteiger partial charge on any atom is -0.495 e. The minimum absolute atomic E-state index is 0.195. The van der Waals surface area contributed by atoms with E-state index < -0.39 is 15.9 Å². The van der Waals surface area contributed by atoms with Gasteiger partial charge in [0.1, 0.15) is 5.75 Å². The number of benzene rings is 3. The third-order valence-electron chi connectivity index (χ3n) is 4.42. The second-order valence-corrected chi connectivity index (χ2v) is 8.84. The van der Waals surface area contributed by atoms with Gasteiger partial charge in [0.25, 0.3) is 15.9 Å². The van der Waals surface area contributed by atoms with Crippen molar-refractivity contribution in [3.8, 4) is 5.75 Å². The van der Waals surface area contributed by atoms with Gasteiger partial charge in [-0.3, -0.25) is 9.52 Å². The van der Waals surface area contributed by atoms with Crippen LogP contribution in [-0.4, -0.2) is 21.4 Å². The summed E-state index contributed by atoms with van der Waals surface area (Å²) in [5.74, 6) is 0.0304. The summed E-state index contributed by atoms with van der Waals surface area (Å²) in [6.45, 7) is 3.56. The SMILES string of the molecule is COc1ccc(Cl)cc1NC(=O)c1cccc(NS(=O)(=O)c2cc(C)ccc2C)c1. The molecule has 0 fully saturated rings. The molecule has 1 amide bonds. The highest BCUT2D eigenvalue weighted by Gasteiger charge is 2.18. The Morgan fingerprint density at radius 2 is 1.77 bits per heavy atom. The molecule has 30 heavy (non-hydrogen) atoms. The number of sulfonamides is 1. The van der Waals surface area contributed by atoms with Crippen LogP contribution in [0, 0.1) is 13.8 Å². The molecule has 3 aromatic rings. The summed E-state index contributed by atoms with van der Waals surface area (Å²) in [7, 11) is -2.32. The summed E-state index contributed by atoms with van der Waals surface area (Å²) in [5.41, 5.74) is 2.44. The topological polar surface area (TPSA) is 84.5 Å². The van der Waals surface area contributed by atoms with Crippen molar-refractivity contribution in [2.75, 3.05) is 17.1 Å². The number of carbonyl (C=O) groups is 1. The van der Waals surface area contributed by atoms with Crippen LogP contribution in [0.15, 0.2) is 65.6 Å². The molecule has 0 saturated heterocycles. The maximum atomic E-state index is 12.8. The second-order valence-electron chi connectivity index (χ2n) is 6.75. The molecule has 0 aromatic heterocycles. The highest BCUT2D eigenvalue weighted by molar-refractivity contribution is 7.92. The van der Waals surface area contributed by atoms with E-state index in [0.29, 0.717) is 22.0 Å².